The number of aliphatic hydroxyl groups is 2. The lowest BCUT2D eigenvalue weighted by Gasteiger charge is -2.17. The zero-order chi connectivity index (χ0) is 14.0. The normalized spacial score (nSPS) is 14.7. The summed E-state index contributed by atoms with van der Waals surface area (Å²) in [6, 6.07) is 2.75. The smallest absolute Gasteiger partial charge is 0.230 e. The Morgan fingerprint density at radius 1 is 1.21 bits per heavy atom. The Kier molecular flexibility index (Phi) is 3.73. The van der Waals surface area contributed by atoms with Gasteiger partial charge in [-0.2, -0.15) is 0 Å². The van der Waals surface area contributed by atoms with Crippen molar-refractivity contribution in [2.45, 2.75) is 19.1 Å². The van der Waals surface area contributed by atoms with Crippen molar-refractivity contribution < 1.29 is 25.2 Å². The van der Waals surface area contributed by atoms with Gasteiger partial charge in [0.15, 0.2) is 17.8 Å². The first kappa shape index (κ1) is 13.4. The Morgan fingerprint density at radius 2 is 1.89 bits per heavy atom. The second kappa shape index (κ2) is 5.29. The van der Waals surface area contributed by atoms with Crippen molar-refractivity contribution in [2.24, 2.45) is 0 Å². The van der Waals surface area contributed by atoms with Crippen molar-refractivity contribution >= 4 is 12.0 Å². The third kappa shape index (κ3) is 3.04. The Bertz CT molecular complexity index is 524. The Morgan fingerprint density at radius 3 is 2.58 bits per heavy atom. The number of amides is 1. The third-order valence-electron chi connectivity index (χ3n) is 2.96. The van der Waals surface area contributed by atoms with Crippen LogP contribution < -0.4 is 0 Å². The number of carbonyl (C=O) groups is 1. The van der Waals surface area contributed by atoms with Gasteiger partial charge in [0.1, 0.15) is 0 Å². The summed E-state index contributed by atoms with van der Waals surface area (Å²) in [4.78, 5) is 13.3. The molecule has 1 aliphatic heterocycles. The first-order valence-electron chi connectivity index (χ1n) is 5.86. The van der Waals surface area contributed by atoms with E-state index < -0.39 is 6.29 Å². The van der Waals surface area contributed by atoms with Crippen LogP contribution in [0.25, 0.3) is 6.08 Å². The quantitative estimate of drug-likeness (QED) is 0.460. The fourth-order valence-corrected chi connectivity index (χ4v) is 1.92. The van der Waals surface area contributed by atoms with Crippen LogP contribution >= 0.6 is 0 Å². The first-order valence-corrected chi connectivity index (χ1v) is 5.86. The van der Waals surface area contributed by atoms with Gasteiger partial charge in [0.05, 0.1) is 6.42 Å². The molecule has 0 saturated heterocycles. The van der Waals surface area contributed by atoms with E-state index in [-0.39, 0.29) is 36.8 Å². The Balaban J connectivity index is 2.22. The number of benzene rings is 1. The van der Waals surface area contributed by atoms with Gasteiger partial charge in [-0.15, -0.1) is 0 Å². The summed E-state index contributed by atoms with van der Waals surface area (Å²) in [5, 5.41) is 36.5. The number of rotatable bonds is 3. The summed E-state index contributed by atoms with van der Waals surface area (Å²) in [7, 11) is 0. The van der Waals surface area contributed by atoms with Gasteiger partial charge in [-0.3, -0.25) is 4.79 Å². The monoisotopic (exact) mass is 265 g/mol. The molecule has 1 aromatic carbocycles. The van der Waals surface area contributed by atoms with Crippen LogP contribution in [0.4, 0.5) is 0 Å². The van der Waals surface area contributed by atoms with Crippen LogP contribution in [-0.2, 0) is 11.2 Å². The highest BCUT2D eigenvalue weighted by Gasteiger charge is 2.19. The number of phenolic OH excluding ortho intramolecular Hbond substituents is 2. The molecule has 0 unspecified atom stereocenters. The van der Waals surface area contributed by atoms with Crippen LogP contribution in [0.1, 0.15) is 17.5 Å². The average Bonchev–Trinajstić information content (AvgIpc) is 2.47. The van der Waals surface area contributed by atoms with Crippen LogP contribution in [0.2, 0.25) is 0 Å². The molecule has 0 radical (unpaired) electrons. The van der Waals surface area contributed by atoms with E-state index >= 15 is 0 Å². The largest absolute Gasteiger partial charge is 0.504 e. The predicted octanol–water partition coefficient (Wildman–Crippen LogP) is 0.154. The van der Waals surface area contributed by atoms with Crippen LogP contribution in [0.3, 0.4) is 0 Å². The molecule has 6 nitrogen and oxygen atoms in total. The van der Waals surface area contributed by atoms with Crippen molar-refractivity contribution in [1.29, 1.82) is 0 Å². The molecule has 0 aromatic heterocycles. The van der Waals surface area contributed by atoms with Gasteiger partial charge < -0.3 is 25.3 Å². The Labute approximate surface area is 109 Å². The molecule has 4 N–H and O–H groups in total. The molecule has 0 atom stereocenters. The number of hydrogen-bond acceptors (Lipinski definition) is 5. The Hall–Kier alpha value is -2.05. The van der Waals surface area contributed by atoms with E-state index in [1.165, 1.54) is 23.2 Å². The predicted molar refractivity (Wildman–Crippen MR) is 67.1 cm³/mol. The molecule has 1 aromatic rings. The van der Waals surface area contributed by atoms with Crippen LogP contribution in [0.15, 0.2) is 18.3 Å². The minimum atomic E-state index is -1.46. The number of hydrogen-bond donors (Lipinski definition) is 4. The maximum Gasteiger partial charge on any atom is 0.230 e. The third-order valence-corrected chi connectivity index (χ3v) is 2.96. The highest BCUT2D eigenvalue weighted by molar-refractivity contribution is 5.84. The van der Waals surface area contributed by atoms with Gasteiger partial charge in [0.25, 0.3) is 0 Å². The van der Waals surface area contributed by atoms with Gasteiger partial charge >= 0.3 is 0 Å². The molecule has 102 valence electrons. The number of carbonyl (C=O) groups excluding carboxylic acids is 1. The lowest BCUT2D eigenvalue weighted by molar-refractivity contribution is -0.128. The highest BCUT2D eigenvalue weighted by Crippen LogP contribution is 2.30. The lowest BCUT2D eigenvalue weighted by Crippen LogP contribution is -2.29. The topological polar surface area (TPSA) is 101 Å². The second-order valence-electron chi connectivity index (χ2n) is 4.39. The average molecular weight is 265 g/mol. The number of fused-ring (bicyclic) bond motifs is 1. The number of aromatic hydroxyl groups is 2. The standard InChI is InChI=1S/C13H15NO5/c15-10-5-8-1-3-14(4-2-13(18)19)12(17)7-9(8)6-11(10)16/h1,3,5-6,13,15-16,18-19H,2,4,7H2. The molecular weight excluding hydrogens is 250 g/mol. The number of phenols is 2. The zero-order valence-electron chi connectivity index (χ0n) is 10.2. The maximum absolute atomic E-state index is 12.0. The van der Waals surface area contributed by atoms with Crippen LogP contribution in [0, 0.1) is 0 Å². The first-order chi connectivity index (χ1) is 8.97. The molecule has 1 amide bonds. The second-order valence-corrected chi connectivity index (χ2v) is 4.39. The van der Waals surface area contributed by atoms with E-state index in [1.54, 1.807) is 6.08 Å². The molecule has 0 fully saturated rings. The van der Waals surface area contributed by atoms with Gasteiger partial charge in [0, 0.05) is 19.2 Å². The molecule has 2 rings (SSSR count). The molecule has 6 heteroatoms. The summed E-state index contributed by atoms with van der Waals surface area (Å²) < 4.78 is 0. The summed E-state index contributed by atoms with van der Waals surface area (Å²) in [5.41, 5.74) is 1.26. The number of aliphatic hydroxyl groups excluding tert-OH is 1. The molecule has 19 heavy (non-hydrogen) atoms. The van der Waals surface area contributed by atoms with E-state index in [0.717, 1.165) is 0 Å². The van der Waals surface area contributed by atoms with Crippen molar-refractivity contribution in [3.8, 4) is 11.5 Å². The van der Waals surface area contributed by atoms with Crippen LogP contribution in [0.5, 0.6) is 11.5 Å². The summed E-state index contributed by atoms with van der Waals surface area (Å²) in [6.07, 6.45) is 1.86. The molecular formula is C13H15NO5. The van der Waals surface area contributed by atoms with Crippen molar-refractivity contribution in [1.82, 2.24) is 4.90 Å². The fraction of sp³-hybridized carbons (Fsp3) is 0.308. The molecule has 0 spiro atoms. The number of nitrogens with zero attached hydrogens (tertiary/aromatic N) is 1. The minimum Gasteiger partial charge on any atom is -0.504 e. The van der Waals surface area contributed by atoms with E-state index in [4.69, 9.17) is 10.2 Å². The van der Waals surface area contributed by atoms with Crippen molar-refractivity contribution in [3.63, 3.8) is 0 Å². The lowest BCUT2D eigenvalue weighted by atomic mass is 10.0. The molecule has 0 aliphatic carbocycles. The fourth-order valence-electron chi connectivity index (χ4n) is 1.92. The molecule has 1 aliphatic rings. The van der Waals surface area contributed by atoms with E-state index in [9.17, 15) is 15.0 Å². The van der Waals surface area contributed by atoms with Gasteiger partial charge in [-0.05, 0) is 29.3 Å². The highest BCUT2D eigenvalue weighted by atomic mass is 16.5. The molecule has 1 heterocycles. The van der Waals surface area contributed by atoms with Gasteiger partial charge in [-0.1, -0.05) is 0 Å². The SMILES string of the molecule is O=C1Cc2cc(O)c(O)cc2C=CN1CCC(O)O. The van der Waals surface area contributed by atoms with E-state index in [0.29, 0.717) is 11.1 Å². The summed E-state index contributed by atoms with van der Waals surface area (Å²) in [5.74, 6) is -0.713. The van der Waals surface area contributed by atoms with Crippen LogP contribution in [-0.4, -0.2) is 44.1 Å². The minimum absolute atomic E-state index is 0.0585. The van der Waals surface area contributed by atoms with E-state index in [2.05, 4.69) is 0 Å². The maximum atomic E-state index is 12.0. The summed E-state index contributed by atoms with van der Waals surface area (Å²) >= 11 is 0. The van der Waals surface area contributed by atoms with Crippen molar-refractivity contribution in [2.75, 3.05) is 6.54 Å². The zero-order valence-corrected chi connectivity index (χ0v) is 10.2. The molecule has 0 saturated carbocycles. The summed E-state index contributed by atoms with van der Waals surface area (Å²) in [6.45, 7) is 0.193. The van der Waals surface area contributed by atoms with Crippen molar-refractivity contribution in [3.05, 3.63) is 29.5 Å². The van der Waals surface area contributed by atoms with Gasteiger partial charge in [-0.25, -0.2) is 0 Å². The van der Waals surface area contributed by atoms with E-state index in [1.807, 2.05) is 0 Å². The molecule has 0 bridgehead atoms. The van der Waals surface area contributed by atoms with Gasteiger partial charge in [0.2, 0.25) is 5.91 Å².